The molecular weight excluding hydrogens is 818 g/mol. The normalized spacial score (nSPS) is 15.9. The molecule has 2 heterocycles. The van der Waals surface area contributed by atoms with Crippen LogP contribution in [0, 0.1) is 0 Å². The maximum absolute atomic E-state index is 12.2. The maximum Gasteiger partial charge on any atom is 0.415 e. The van der Waals surface area contributed by atoms with Crippen molar-refractivity contribution in [2.45, 2.75) is 78.8 Å². The highest BCUT2D eigenvalue weighted by atomic mass is 79.9. The number of ether oxygens (including phenoxy) is 2. The molecule has 4 aromatic rings. The van der Waals surface area contributed by atoms with Gasteiger partial charge >= 0.3 is 11.5 Å². The number of benzene rings is 4. The summed E-state index contributed by atoms with van der Waals surface area (Å²) in [6.45, 7) is 16.1. The Kier molecular flexibility index (Phi) is 21.7. The lowest BCUT2D eigenvalue weighted by Crippen LogP contribution is -2.36. The van der Waals surface area contributed by atoms with Gasteiger partial charge in [0.2, 0.25) is 0 Å². The Labute approximate surface area is 339 Å². The second-order valence-corrected chi connectivity index (χ2v) is 15.2. The van der Waals surface area contributed by atoms with Crippen LogP contribution in [0.4, 0.5) is 9.59 Å². The van der Waals surface area contributed by atoms with E-state index in [4.69, 9.17) is 16.3 Å². The molecule has 2 fully saturated rings. The molecule has 2 aliphatic heterocycles. The van der Waals surface area contributed by atoms with Crippen LogP contribution in [0.2, 0.25) is 0 Å². The number of likely N-dealkylation sites (tertiary alicyclic amines) is 1. The molecule has 10 heteroatoms. The topological polar surface area (TPSA) is 71.1 Å². The Morgan fingerprint density at radius 3 is 1.62 bits per heavy atom. The fourth-order valence-electron chi connectivity index (χ4n) is 6.18. The average Bonchev–Trinajstić information content (AvgIpc) is 3.86. The van der Waals surface area contributed by atoms with Gasteiger partial charge in [-0.1, -0.05) is 107 Å². The summed E-state index contributed by atoms with van der Waals surface area (Å²) in [5.41, 5.74) is 1.95. The van der Waals surface area contributed by atoms with Gasteiger partial charge < -0.3 is 19.7 Å². The average molecular weight is 874 g/mol. The highest BCUT2D eigenvalue weighted by Gasteiger charge is 2.28. The lowest BCUT2D eigenvalue weighted by Gasteiger charge is -2.28. The Morgan fingerprint density at radius 1 is 0.755 bits per heavy atom. The number of carbonyl (C=O) groups is 2. The summed E-state index contributed by atoms with van der Waals surface area (Å²) in [7, 11) is 0. The summed E-state index contributed by atoms with van der Waals surface area (Å²) >= 11 is 11.6. The first-order valence-corrected chi connectivity index (χ1v) is 19.8. The Hall–Kier alpha value is -3.21. The fourth-order valence-corrected chi connectivity index (χ4v) is 6.80. The van der Waals surface area contributed by atoms with E-state index in [0.29, 0.717) is 29.5 Å². The van der Waals surface area contributed by atoms with E-state index in [1.807, 2.05) is 30.3 Å². The van der Waals surface area contributed by atoms with Crippen LogP contribution in [0.5, 0.6) is 11.5 Å². The van der Waals surface area contributed by atoms with Gasteiger partial charge in [0.05, 0.1) is 0 Å². The highest BCUT2D eigenvalue weighted by Crippen LogP contribution is 2.28. The third-order valence-electron chi connectivity index (χ3n) is 8.77. The SMILES string of the molecule is C.CCN(C(C)C)C(C)C.O=C(Cl)Oc1ccc(Br)cc1.O=C(Oc1ccc(Br)cc1)N1CCC(c2ccccc2)C1.c1ccc(C2CCNC2)cc1. The molecule has 1 N–H and O–H groups in total. The van der Waals surface area contributed by atoms with Crippen LogP contribution in [0.15, 0.2) is 118 Å². The van der Waals surface area contributed by atoms with Gasteiger partial charge in [-0.3, -0.25) is 4.90 Å². The van der Waals surface area contributed by atoms with Gasteiger partial charge in [0.1, 0.15) is 11.5 Å². The second kappa shape index (κ2) is 25.0. The van der Waals surface area contributed by atoms with Crippen molar-refractivity contribution in [2.24, 2.45) is 0 Å². The molecule has 2 saturated heterocycles. The van der Waals surface area contributed by atoms with Crippen molar-refractivity contribution in [3.8, 4) is 11.5 Å². The van der Waals surface area contributed by atoms with Crippen molar-refractivity contribution in [2.75, 3.05) is 32.7 Å². The molecule has 0 radical (unpaired) electrons. The molecule has 53 heavy (non-hydrogen) atoms. The maximum atomic E-state index is 12.2. The van der Waals surface area contributed by atoms with E-state index < -0.39 is 5.43 Å². The Bertz CT molecular complexity index is 1580. The van der Waals surface area contributed by atoms with Gasteiger partial charge in [0.15, 0.2) is 0 Å². The van der Waals surface area contributed by atoms with Gasteiger partial charge in [-0.05, 0) is 119 Å². The summed E-state index contributed by atoms with van der Waals surface area (Å²) in [6.07, 6.45) is 2.01. The van der Waals surface area contributed by atoms with Gasteiger partial charge in [-0.15, -0.1) is 0 Å². The number of carbonyl (C=O) groups excluding carboxylic acids is 2. The van der Waals surface area contributed by atoms with Crippen molar-refractivity contribution in [3.05, 3.63) is 129 Å². The van der Waals surface area contributed by atoms with E-state index in [9.17, 15) is 9.59 Å². The summed E-state index contributed by atoms with van der Waals surface area (Å²) in [4.78, 5) is 26.6. The molecule has 288 valence electrons. The Morgan fingerprint density at radius 2 is 1.23 bits per heavy atom. The van der Waals surface area contributed by atoms with E-state index in [0.717, 1.165) is 47.5 Å². The molecule has 0 spiro atoms. The van der Waals surface area contributed by atoms with Crippen LogP contribution in [0.3, 0.4) is 0 Å². The van der Waals surface area contributed by atoms with Crippen molar-refractivity contribution >= 4 is 55.0 Å². The first kappa shape index (κ1) is 45.9. The monoisotopic (exact) mass is 871 g/mol. The smallest absolute Gasteiger partial charge is 0.415 e. The zero-order valence-electron chi connectivity index (χ0n) is 30.8. The standard InChI is InChI=1S/C17H16BrNO2.C10H13N.C8H19N.C7H4BrClO2.CH4/c18-15-6-8-16(9-7-15)21-17(20)19-11-10-14(12-19)13-4-2-1-3-5-13;1-2-4-9(5-3-1)10-6-7-11-8-10;1-6-9(7(2)3)8(4)5;8-5-1-3-6(4-2-5)11-7(9)10;/h1-9,14H,10-12H2;1-5,10-11H,6-8H2;7-8H,6H2,1-5H3;1-4H;1H4. The van der Waals surface area contributed by atoms with Crippen LogP contribution >= 0.6 is 43.5 Å². The molecule has 0 saturated carbocycles. The van der Waals surface area contributed by atoms with E-state index in [-0.39, 0.29) is 13.5 Å². The zero-order chi connectivity index (χ0) is 37.9. The fraction of sp³-hybridized carbons (Fsp3) is 0.395. The van der Waals surface area contributed by atoms with E-state index >= 15 is 0 Å². The summed E-state index contributed by atoms with van der Waals surface area (Å²) in [5.74, 6) is 2.18. The first-order valence-electron chi connectivity index (χ1n) is 17.9. The minimum absolute atomic E-state index is 0. The van der Waals surface area contributed by atoms with Crippen LogP contribution in [-0.2, 0) is 0 Å². The third-order valence-corrected chi connectivity index (χ3v) is 9.91. The lowest BCUT2D eigenvalue weighted by atomic mass is 9.99. The summed E-state index contributed by atoms with van der Waals surface area (Å²) < 4.78 is 11.9. The molecule has 0 bridgehead atoms. The van der Waals surface area contributed by atoms with E-state index in [1.54, 1.807) is 41.3 Å². The van der Waals surface area contributed by atoms with E-state index in [2.05, 4.69) is 124 Å². The van der Waals surface area contributed by atoms with Crippen LogP contribution in [0.25, 0.3) is 0 Å². The highest BCUT2D eigenvalue weighted by molar-refractivity contribution is 9.10. The van der Waals surface area contributed by atoms with Gasteiger partial charge in [0.25, 0.3) is 0 Å². The molecule has 0 aliphatic carbocycles. The Balaban J connectivity index is 0.000000261. The van der Waals surface area contributed by atoms with Crippen LogP contribution in [-0.4, -0.2) is 66.1 Å². The molecular formula is C43H56Br2ClN3O4. The summed E-state index contributed by atoms with van der Waals surface area (Å²) in [5, 5.41) is 3.37. The largest absolute Gasteiger partial charge is 0.415 e. The molecule has 2 aliphatic rings. The molecule has 6 rings (SSSR count). The number of halogens is 3. The predicted octanol–water partition coefficient (Wildman–Crippen LogP) is 12.1. The molecule has 2 unspecified atom stereocenters. The van der Waals surface area contributed by atoms with Gasteiger partial charge in [0, 0.05) is 58.2 Å². The molecule has 7 nitrogen and oxygen atoms in total. The van der Waals surface area contributed by atoms with Crippen molar-refractivity contribution < 1.29 is 19.1 Å². The second-order valence-electron chi connectivity index (χ2n) is 13.1. The predicted molar refractivity (Wildman–Crippen MR) is 228 cm³/mol. The minimum atomic E-state index is -0.827. The quantitative estimate of drug-likeness (QED) is 0.187. The van der Waals surface area contributed by atoms with E-state index in [1.165, 1.54) is 24.1 Å². The minimum Gasteiger partial charge on any atom is -0.415 e. The van der Waals surface area contributed by atoms with Crippen LogP contribution < -0.4 is 14.8 Å². The number of rotatable bonds is 7. The van der Waals surface area contributed by atoms with Crippen LogP contribution in [0.1, 0.15) is 77.8 Å². The summed E-state index contributed by atoms with van der Waals surface area (Å²) in [6, 6.07) is 36.6. The third kappa shape index (κ3) is 17.2. The van der Waals surface area contributed by atoms with Gasteiger partial charge in [-0.25, -0.2) is 9.59 Å². The number of hydrogen-bond donors (Lipinski definition) is 1. The molecule has 0 aromatic heterocycles. The molecule has 2 atom stereocenters. The first-order chi connectivity index (χ1) is 25.0. The van der Waals surface area contributed by atoms with Crippen molar-refractivity contribution in [1.29, 1.82) is 0 Å². The van der Waals surface area contributed by atoms with Gasteiger partial charge in [-0.2, -0.15) is 0 Å². The zero-order valence-corrected chi connectivity index (χ0v) is 34.7. The molecule has 1 amide bonds. The molecule has 4 aromatic carbocycles. The number of nitrogens with one attached hydrogen (secondary N) is 1. The number of nitrogens with zero attached hydrogens (tertiary/aromatic N) is 2. The number of amides is 1. The van der Waals surface area contributed by atoms with Crippen molar-refractivity contribution in [1.82, 2.24) is 15.1 Å². The number of hydrogen-bond acceptors (Lipinski definition) is 6. The lowest BCUT2D eigenvalue weighted by molar-refractivity contribution is 0.162. The van der Waals surface area contributed by atoms with Crippen molar-refractivity contribution in [3.63, 3.8) is 0 Å².